The Kier molecular flexibility index (Phi) is 6.09. The van der Waals surface area contributed by atoms with Crippen molar-refractivity contribution < 1.29 is 37.4 Å². The van der Waals surface area contributed by atoms with Gasteiger partial charge in [0.05, 0.1) is 6.61 Å². The molecule has 130 valence electrons. The summed E-state index contributed by atoms with van der Waals surface area (Å²) in [5.74, 6) is -0.851. The van der Waals surface area contributed by atoms with Crippen LogP contribution in [0.5, 0.6) is 0 Å². The molecule has 0 radical (unpaired) electrons. The Morgan fingerprint density at radius 1 is 1.17 bits per heavy atom. The molecule has 9 heteroatoms. The lowest BCUT2D eigenvalue weighted by molar-refractivity contribution is -0.297. The van der Waals surface area contributed by atoms with Crippen molar-refractivity contribution in [1.29, 1.82) is 0 Å². The molecule has 8 nitrogen and oxygen atoms in total. The lowest BCUT2D eigenvalue weighted by Crippen LogP contribution is -2.60. The fourth-order valence-corrected chi connectivity index (χ4v) is 3.08. The van der Waals surface area contributed by atoms with Crippen LogP contribution in [0.25, 0.3) is 0 Å². The molecule has 1 heterocycles. The van der Waals surface area contributed by atoms with Crippen molar-refractivity contribution in [3.63, 3.8) is 0 Å². The molecule has 1 fully saturated rings. The number of methoxy groups -OCH3 is 1. The van der Waals surface area contributed by atoms with Crippen molar-refractivity contribution in [2.24, 2.45) is 0 Å². The lowest BCUT2D eigenvalue weighted by atomic mass is 9.99. The van der Waals surface area contributed by atoms with Gasteiger partial charge in [-0.3, -0.25) is 4.55 Å². The zero-order valence-corrected chi connectivity index (χ0v) is 13.3. The maximum absolute atomic E-state index is 10.9. The molecular formula is C14H20O8S. The number of hydrogen-bond acceptors (Lipinski definition) is 7. The summed E-state index contributed by atoms with van der Waals surface area (Å²) < 4.78 is 46.7. The second kappa shape index (κ2) is 7.67. The van der Waals surface area contributed by atoms with Gasteiger partial charge in [-0.25, -0.2) is 0 Å². The van der Waals surface area contributed by atoms with Crippen LogP contribution in [-0.2, 0) is 30.9 Å². The van der Waals surface area contributed by atoms with E-state index >= 15 is 0 Å². The predicted octanol–water partition coefficient (Wildman–Crippen LogP) is -0.447. The third-order valence-electron chi connectivity index (χ3n) is 3.54. The SMILES string of the molecule is CO[C@H]1O[C@H](CS(=O)(=O)O)[C@H](O)[C@H](O)[C@H]1OCc1ccccc1. The summed E-state index contributed by atoms with van der Waals surface area (Å²) in [6, 6.07) is 9.17. The van der Waals surface area contributed by atoms with Crippen LogP contribution in [0.2, 0.25) is 0 Å². The van der Waals surface area contributed by atoms with Crippen LogP contribution in [0.1, 0.15) is 5.56 Å². The smallest absolute Gasteiger partial charge is 0.267 e. The van der Waals surface area contributed by atoms with Gasteiger partial charge in [-0.15, -0.1) is 0 Å². The molecule has 0 amide bonds. The summed E-state index contributed by atoms with van der Waals surface area (Å²) in [7, 11) is -3.07. The molecule has 3 N–H and O–H groups in total. The number of hydrogen-bond donors (Lipinski definition) is 3. The zero-order valence-electron chi connectivity index (χ0n) is 12.5. The van der Waals surface area contributed by atoms with E-state index in [-0.39, 0.29) is 6.61 Å². The van der Waals surface area contributed by atoms with E-state index < -0.39 is 46.6 Å². The lowest BCUT2D eigenvalue weighted by Gasteiger charge is -2.41. The van der Waals surface area contributed by atoms with Crippen molar-refractivity contribution in [2.75, 3.05) is 12.9 Å². The van der Waals surface area contributed by atoms with E-state index in [1.165, 1.54) is 7.11 Å². The normalized spacial score (nSPS) is 31.9. The Morgan fingerprint density at radius 3 is 2.39 bits per heavy atom. The minimum absolute atomic E-state index is 0.154. The number of benzene rings is 1. The van der Waals surface area contributed by atoms with E-state index in [2.05, 4.69) is 0 Å². The Hall–Kier alpha value is -1.07. The number of ether oxygens (including phenoxy) is 3. The Morgan fingerprint density at radius 2 is 1.83 bits per heavy atom. The number of aliphatic hydroxyl groups excluding tert-OH is 2. The molecule has 1 saturated heterocycles. The topological polar surface area (TPSA) is 123 Å². The first-order chi connectivity index (χ1) is 10.8. The predicted molar refractivity (Wildman–Crippen MR) is 79.1 cm³/mol. The summed E-state index contributed by atoms with van der Waals surface area (Å²) in [5, 5.41) is 20.2. The first-order valence-electron chi connectivity index (χ1n) is 6.97. The van der Waals surface area contributed by atoms with E-state index in [9.17, 15) is 18.6 Å². The molecule has 0 unspecified atom stereocenters. The van der Waals surface area contributed by atoms with Crippen molar-refractivity contribution in [1.82, 2.24) is 0 Å². The molecule has 1 aromatic rings. The van der Waals surface area contributed by atoms with E-state index in [0.29, 0.717) is 0 Å². The molecule has 0 aliphatic carbocycles. The summed E-state index contributed by atoms with van der Waals surface area (Å²) in [4.78, 5) is 0. The highest BCUT2D eigenvalue weighted by Crippen LogP contribution is 2.25. The summed E-state index contributed by atoms with van der Waals surface area (Å²) >= 11 is 0. The monoisotopic (exact) mass is 348 g/mol. The largest absolute Gasteiger partial charge is 0.388 e. The first-order valence-corrected chi connectivity index (χ1v) is 8.58. The van der Waals surface area contributed by atoms with Crippen LogP contribution >= 0.6 is 0 Å². The van der Waals surface area contributed by atoms with Gasteiger partial charge in [-0.2, -0.15) is 8.42 Å². The highest BCUT2D eigenvalue weighted by atomic mass is 32.2. The van der Waals surface area contributed by atoms with Crippen molar-refractivity contribution in [3.05, 3.63) is 35.9 Å². The van der Waals surface area contributed by atoms with Gasteiger partial charge in [0.15, 0.2) is 6.29 Å². The summed E-state index contributed by atoms with van der Waals surface area (Å²) in [6.45, 7) is 0.154. The van der Waals surface area contributed by atoms with Gasteiger partial charge in [0, 0.05) is 7.11 Å². The highest BCUT2D eigenvalue weighted by molar-refractivity contribution is 7.85. The molecule has 0 aromatic heterocycles. The quantitative estimate of drug-likeness (QED) is 0.591. The zero-order chi connectivity index (χ0) is 17.0. The van der Waals surface area contributed by atoms with Gasteiger partial charge in [-0.1, -0.05) is 30.3 Å². The average molecular weight is 348 g/mol. The maximum Gasteiger partial charge on any atom is 0.267 e. The number of aliphatic hydroxyl groups is 2. The van der Waals surface area contributed by atoms with Crippen molar-refractivity contribution in [3.8, 4) is 0 Å². The molecular weight excluding hydrogens is 328 g/mol. The second-order valence-corrected chi connectivity index (χ2v) is 6.77. The van der Waals surface area contributed by atoms with Gasteiger partial charge in [0.25, 0.3) is 10.1 Å². The molecule has 5 atom stereocenters. The Bertz CT molecular complexity index is 588. The third kappa shape index (κ3) is 4.95. The third-order valence-corrected chi connectivity index (χ3v) is 4.29. The molecule has 2 rings (SSSR count). The molecule has 1 aliphatic rings. The Labute approximate surface area is 134 Å². The molecule has 0 bridgehead atoms. The summed E-state index contributed by atoms with van der Waals surface area (Å²) in [6.07, 6.45) is -6.37. The molecule has 0 saturated carbocycles. The van der Waals surface area contributed by atoms with Crippen LogP contribution in [-0.4, -0.2) is 66.8 Å². The van der Waals surface area contributed by atoms with Crippen LogP contribution in [0.15, 0.2) is 30.3 Å². The fourth-order valence-electron chi connectivity index (χ4n) is 2.38. The standard InChI is InChI=1S/C14H20O8S/c1-20-14-13(21-7-9-5-3-2-4-6-9)12(16)11(15)10(22-14)8-23(17,18)19/h2-6,10-16H,7-8H2,1H3,(H,17,18,19)/t10-,11+,12+,13-,14+/m1/s1. The second-order valence-electron chi connectivity index (χ2n) is 5.27. The van der Waals surface area contributed by atoms with Crippen LogP contribution < -0.4 is 0 Å². The fraction of sp³-hybridized carbons (Fsp3) is 0.571. The minimum atomic E-state index is -4.38. The van der Waals surface area contributed by atoms with Gasteiger partial charge in [0.2, 0.25) is 0 Å². The Balaban J connectivity index is 2.05. The van der Waals surface area contributed by atoms with E-state index in [1.54, 1.807) is 0 Å². The van der Waals surface area contributed by atoms with Gasteiger partial charge < -0.3 is 24.4 Å². The van der Waals surface area contributed by atoms with Gasteiger partial charge >= 0.3 is 0 Å². The van der Waals surface area contributed by atoms with E-state index in [0.717, 1.165) is 5.56 Å². The van der Waals surface area contributed by atoms with Crippen LogP contribution in [0, 0.1) is 0 Å². The molecule has 1 aliphatic heterocycles. The highest BCUT2D eigenvalue weighted by Gasteiger charge is 2.46. The summed E-state index contributed by atoms with van der Waals surface area (Å²) in [5.41, 5.74) is 0.851. The molecule has 0 spiro atoms. The maximum atomic E-state index is 10.9. The van der Waals surface area contributed by atoms with E-state index in [1.807, 2.05) is 30.3 Å². The molecule has 23 heavy (non-hydrogen) atoms. The molecule has 1 aromatic carbocycles. The van der Waals surface area contributed by atoms with Crippen molar-refractivity contribution >= 4 is 10.1 Å². The van der Waals surface area contributed by atoms with Gasteiger partial charge in [-0.05, 0) is 5.56 Å². The van der Waals surface area contributed by atoms with Gasteiger partial charge in [0.1, 0.15) is 30.2 Å². The van der Waals surface area contributed by atoms with Crippen LogP contribution in [0.4, 0.5) is 0 Å². The average Bonchev–Trinajstić information content (AvgIpc) is 2.50. The number of rotatable bonds is 6. The van der Waals surface area contributed by atoms with Crippen LogP contribution in [0.3, 0.4) is 0 Å². The minimum Gasteiger partial charge on any atom is -0.388 e. The first kappa shape index (κ1) is 18.3. The van der Waals surface area contributed by atoms with E-state index in [4.69, 9.17) is 18.8 Å². The van der Waals surface area contributed by atoms with Crippen molar-refractivity contribution in [2.45, 2.75) is 37.3 Å².